The van der Waals surface area contributed by atoms with Crippen LogP contribution in [0, 0.1) is 12.3 Å². The number of pyridine rings is 1. The average Bonchev–Trinajstić information content (AvgIpc) is 3.02. The molecule has 7 nitrogen and oxygen atoms in total. The Morgan fingerprint density at radius 3 is 2.80 bits per heavy atom. The molecule has 1 saturated heterocycles. The highest BCUT2D eigenvalue weighted by Crippen LogP contribution is 2.64. The maximum atomic E-state index is 5.55. The van der Waals surface area contributed by atoms with Gasteiger partial charge in [0, 0.05) is 43.3 Å². The summed E-state index contributed by atoms with van der Waals surface area (Å²) in [5, 5.41) is 4.16. The highest BCUT2D eigenvalue weighted by Gasteiger charge is 2.57. The van der Waals surface area contributed by atoms with Crippen molar-refractivity contribution < 1.29 is 9.26 Å². The fourth-order valence-corrected chi connectivity index (χ4v) is 3.80. The highest BCUT2D eigenvalue weighted by atomic mass is 16.5. The molecule has 0 amide bonds. The first-order valence-electron chi connectivity index (χ1n) is 8.63. The zero-order valence-corrected chi connectivity index (χ0v) is 14.1. The molecule has 0 radical (unpaired) electrons. The van der Waals surface area contributed by atoms with Crippen LogP contribution < -0.4 is 0 Å². The van der Waals surface area contributed by atoms with Gasteiger partial charge in [-0.1, -0.05) is 5.16 Å². The Balaban J connectivity index is 1.36. The van der Waals surface area contributed by atoms with Crippen LogP contribution in [-0.4, -0.2) is 37.9 Å². The minimum atomic E-state index is 0.336. The first-order chi connectivity index (χ1) is 12.3. The van der Waals surface area contributed by atoms with Crippen molar-refractivity contribution >= 4 is 0 Å². The predicted octanol–water partition coefficient (Wildman–Crippen LogP) is 2.91. The van der Waals surface area contributed by atoms with Crippen LogP contribution >= 0.6 is 0 Å². The summed E-state index contributed by atoms with van der Waals surface area (Å²) >= 11 is 0. The van der Waals surface area contributed by atoms with Crippen LogP contribution in [0.15, 0.2) is 35.2 Å². The third-order valence-electron chi connectivity index (χ3n) is 5.50. The summed E-state index contributed by atoms with van der Waals surface area (Å²) in [5.74, 6) is 3.47. The Kier molecular flexibility index (Phi) is 3.24. The number of aryl methyl sites for hydroxylation is 1. The van der Waals surface area contributed by atoms with Gasteiger partial charge in [0.15, 0.2) is 0 Å². The van der Waals surface area contributed by atoms with Crippen molar-refractivity contribution in [3.8, 4) is 17.2 Å². The molecule has 5 rings (SSSR count). The van der Waals surface area contributed by atoms with Crippen LogP contribution in [0.4, 0.5) is 0 Å². The topological polar surface area (TPSA) is 78.9 Å². The van der Waals surface area contributed by atoms with Gasteiger partial charge in [0.25, 0.3) is 0 Å². The van der Waals surface area contributed by atoms with Crippen molar-refractivity contribution in [3.05, 3.63) is 42.4 Å². The van der Waals surface area contributed by atoms with Crippen molar-refractivity contribution in [1.82, 2.24) is 24.7 Å². The Morgan fingerprint density at radius 1 is 1.20 bits per heavy atom. The number of imidazole rings is 1. The fourth-order valence-electron chi connectivity index (χ4n) is 3.80. The zero-order chi connectivity index (χ0) is 16.9. The molecule has 25 heavy (non-hydrogen) atoms. The number of ether oxygens (including phenoxy) is 1. The molecule has 1 saturated carbocycles. The van der Waals surface area contributed by atoms with Crippen LogP contribution in [0.3, 0.4) is 0 Å². The number of aromatic nitrogens is 5. The Hall–Kier alpha value is -2.54. The summed E-state index contributed by atoms with van der Waals surface area (Å²) in [6.07, 6.45) is 8.75. The number of hydrogen-bond acceptors (Lipinski definition) is 6. The number of rotatable bonds is 3. The molecule has 1 spiro atoms. The number of hydrogen-bond donors (Lipinski definition) is 0. The Bertz CT molecular complexity index is 892. The van der Waals surface area contributed by atoms with E-state index in [4.69, 9.17) is 9.26 Å². The molecule has 1 aliphatic heterocycles. The van der Waals surface area contributed by atoms with Gasteiger partial charge in [0.05, 0.1) is 0 Å². The molecule has 1 unspecified atom stereocenters. The third kappa shape index (κ3) is 2.46. The van der Waals surface area contributed by atoms with E-state index in [1.165, 1.54) is 0 Å². The van der Waals surface area contributed by atoms with Crippen molar-refractivity contribution in [3.63, 3.8) is 0 Å². The summed E-state index contributed by atoms with van der Waals surface area (Å²) in [6, 6.07) is 3.91. The van der Waals surface area contributed by atoms with Gasteiger partial charge in [-0.15, -0.1) is 0 Å². The van der Waals surface area contributed by atoms with Crippen LogP contribution in [0.1, 0.15) is 36.9 Å². The molecule has 1 atom stereocenters. The molecular weight excluding hydrogens is 318 g/mol. The minimum Gasteiger partial charge on any atom is -0.381 e. The molecule has 2 aliphatic rings. The van der Waals surface area contributed by atoms with E-state index >= 15 is 0 Å². The first-order valence-corrected chi connectivity index (χ1v) is 8.63. The number of nitrogens with zero attached hydrogens (tertiary/aromatic N) is 5. The van der Waals surface area contributed by atoms with E-state index in [1.807, 2.05) is 29.8 Å². The summed E-state index contributed by atoms with van der Waals surface area (Å²) in [4.78, 5) is 13.3. The lowest BCUT2D eigenvalue weighted by Gasteiger charge is -2.21. The van der Waals surface area contributed by atoms with Crippen molar-refractivity contribution in [1.29, 1.82) is 0 Å². The van der Waals surface area contributed by atoms with E-state index in [2.05, 4.69) is 20.1 Å². The van der Waals surface area contributed by atoms with Crippen LogP contribution in [0.5, 0.6) is 0 Å². The second-order valence-electron chi connectivity index (χ2n) is 6.94. The van der Waals surface area contributed by atoms with E-state index in [0.717, 1.165) is 55.6 Å². The van der Waals surface area contributed by atoms with Crippen molar-refractivity contribution in [2.75, 3.05) is 13.2 Å². The van der Waals surface area contributed by atoms with E-state index < -0.39 is 0 Å². The van der Waals surface area contributed by atoms with E-state index in [-0.39, 0.29) is 0 Å². The first kappa shape index (κ1) is 14.8. The minimum absolute atomic E-state index is 0.336. The van der Waals surface area contributed by atoms with E-state index in [9.17, 15) is 0 Å². The van der Waals surface area contributed by atoms with E-state index in [0.29, 0.717) is 17.2 Å². The zero-order valence-electron chi connectivity index (χ0n) is 14.1. The largest absolute Gasteiger partial charge is 0.381 e. The summed E-state index contributed by atoms with van der Waals surface area (Å²) in [6.45, 7) is 3.63. The quantitative estimate of drug-likeness (QED) is 0.731. The fraction of sp³-hybridized carbons (Fsp3) is 0.444. The van der Waals surface area contributed by atoms with Gasteiger partial charge < -0.3 is 9.26 Å². The van der Waals surface area contributed by atoms with Gasteiger partial charge >= 0.3 is 0 Å². The van der Waals surface area contributed by atoms with Gasteiger partial charge in [0.1, 0.15) is 11.6 Å². The smallest absolute Gasteiger partial charge is 0.230 e. The lowest BCUT2D eigenvalue weighted by Crippen LogP contribution is -2.18. The third-order valence-corrected chi connectivity index (χ3v) is 5.50. The predicted molar refractivity (Wildman–Crippen MR) is 89.2 cm³/mol. The highest BCUT2D eigenvalue weighted by molar-refractivity contribution is 5.54. The molecule has 0 bridgehead atoms. The Morgan fingerprint density at radius 2 is 2.08 bits per heavy atom. The monoisotopic (exact) mass is 337 g/mol. The van der Waals surface area contributed by atoms with Gasteiger partial charge in [-0.3, -0.25) is 4.57 Å². The van der Waals surface area contributed by atoms with Crippen LogP contribution in [0.2, 0.25) is 0 Å². The Labute approximate surface area is 145 Å². The average molecular weight is 337 g/mol. The summed E-state index contributed by atoms with van der Waals surface area (Å²) < 4.78 is 13.0. The molecule has 0 N–H and O–H groups in total. The summed E-state index contributed by atoms with van der Waals surface area (Å²) in [7, 11) is 0. The van der Waals surface area contributed by atoms with Crippen LogP contribution in [0.25, 0.3) is 17.2 Å². The standard InChI is InChI=1S/C18H19N5O2/c1-12-19-6-7-23(12)15-3-2-13(11-20-15)16-21-17(25-22-16)14-10-18(14)4-8-24-9-5-18/h2-3,6-7,11,14H,4-5,8-10H2,1H3. The molecule has 0 aromatic carbocycles. The molecule has 7 heteroatoms. The SMILES string of the molecule is Cc1nccn1-c1ccc(-c2noc(C3CC34CCOCC4)n2)cn1. The lowest BCUT2D eigenvalue weighted by molar-refractivity contribution is 0.0544. The molecule has 2 fully saturated rings. The van der Waals surface area contributed by atoms with Crippen molar-refractivity contribution in [2.45, 2.75) is 32.1 Å². The maximum absolute atomic E-state index is 5.55. The van der Waals surface area contributed by atoms with E-state index in [1.54, 1.807) is 12.4 Å². The lowest BCUT2D eigenvalue weighted by atomic mass is 9.94. The van der Waals surface area contributed by atoms with Crippen molar-refractivity contribution in [2.24, 2.45) is 5.41 Å². The van der Waals surface area contributed by atoms with Gasteiger partial charge in [-0.05, 0) is 43.7 Å². The van der Waals surface area contributed by atoms with Gasteiger partial charge in [0.2, 0.25) is 11.7 Å². The molecule has 128 valence electrons. The van der Waals surface area contributed by atoms with Crippen LogP contribution in [-0.2, 0) is 4.74 Å². The molecule has 1 aliphatic carbocycles. The molecule has 3 aromatic rings. The van der Waals surface area contributed by atoms with Gasteiger partial charge in [-0.2, -0.15) is 4.98 Å². The van der Waals surface area contributed by atoms with Gasteiger partial charge in [-0.25, -0.2) is 9.97 Å². The molecule has 3 aromatic heterocycles. The second kappa shape index (κ2) is 5.49. The molecular formula is C18H19N5O2. The second-order valence-corrected chi connectivity index (χ2v) is 6.94. The molecule has 4 heterocycles. The normalized spacial score (nSPS) is 21.6. The summed E-state index contributed by atoms with van der Waals surface area (Å²) in [5.41, 5.74) is 1.20. The maximum Gasteiger partial charge on any atom is 0.230 e.